The first-order chi connectivity index (χ1) is 9.61. The Labute approximate surface area is 115 Å². The van der Waals surface area contributed by atoms with Gasteiger partial charge in [0.05, 0.1) is 11.5 Å². The van der Waals surface area contributed by atoms with Crippen molar-refractivity contribution in [3.8, 4) is 0 Å². The summed E-state index contributed by atoms with van der Waals surface area (Å²) < 4.78 is 6.65. The number of carbonyl (C=O) groups is 1. The number of ether oxygens (including phenoxy) is 1. The van der Waals surface area contributed by atoms with Crippen LogP contribution < -0.4 is 0 Å². The Balaban J connectivity index is 2.40. The van der Waals surface area contributed by atoms with Gasteiger partial charge in [0.2, 0.25) is 6.20 Å². The second-order valence-corrected chi connectivity index (χ2v) is 4.14. The Bertz CT molecular complexity index is 673. The number of carbonyl (C=O) groups excluding carboxylic acids is 1. The SMILES string of the molecule is CCOC(=O)Cn1cc(/C=C\[N+](=O)[O-])c2ccccc21. The largest absolute Gasteiger partial charge is 0.465 e. The normalized spacial score (nSPS) is 11.1. The van der Waals surface area contributed by atoms with Crippen molar-refractivity contribution < 1.29 is 14.5 Å². The van der Waals surface area contributed by atoms with Crippen molar-refractivity contribution in [2.45, 2.75) is 13.5 Å². The van der Waals surface area contributed by atoms with Gasteiger partial charge in [0.15, 0.2) is 0 Å². The van der Waals surface area contributed by atoms with E-state index < -0.39 is 4.92 Å². The quantitative estimate of drug-likeness (QED) is 0.477. The molecule has 0 spiro atoms. The van der Waals surface area contributed by atoms with Gasteiger partial charge in [-0.3, -0.25) is 14.9 Å². The third kappa shape index (κ3) is 3.03. The predicted molar refractivity (Wildman–Crippen MR) is 74.6 cm³/mol. The highest BCUT2D eigenvalue weighted by atomic mass is 16.6. The van der Waals surface area contributed by atoms with Crippen LogP contribution in [0.5, 0.6) is 0 Å². The molecule has 0 aliphatic rings. The molecule has 1 aromatic heterocycles. The lowest BCUT2D eigenvalue weighted by Gasteiger charge is -2.04. The highest BCUT2D eigenvalue weighted by Gasteiger charge is 2.10. The van der Waals surface area contributed by atoms with Gasteiger partial charge in [-0.05, 0) is 13.0 Å². The maximum absolute atomic E-state index is 11.6. The number of nitro groups is 1. The van der Waals surface area contributed by atoms with Crippen LogP contribution in [-0.2, 0) is 16.1 Å². The summed E-state index contributed by atoms with van der Waals surface area (Å²) in [5.41, 5.74) is 1.53. The first-order valence-corrected chi connectivity index (χ1v) is 6.17. The molecule has 1 heterocycles. The van der Waals surface area contributed by atoms with Crippen molar-refractivity contribution in [2.24, 2.45) is 0 Å². The van der Waals surface area contributed by atoms with Crippen LogP contribution in [0.15, 0.2) is 36.7 Å². The molecule has 6 nitrogen and oxygen atoms in total. The topological polar surface area (TPSA) is 74.4 Å². The number of aromatic nitrogens is 1. The summed E-state index contributed by atoms with van der Waals surface area (Å²) >= 11 is 0. The van der Waals surface area contributed by atoms with E-state index in [1.165, 1.54) is 6.08 Å². The van der Waals surface area contributed by atoms with Crippen LogP contribution in [-0.4, -0.2) is 22.1 Å². The van der Waals surface area contributed by atoms with E-state index in [1.54, 1.807) is 17.7 Å². The standard InChI is InChI=1S/C14H14N2O4/c1-2-20-14(17)10-15-9-11(7-8-16(18)19)12-5-3-4-6-13(12)15/h3-9H,2,10H2,1H3/b8-7-. The van der Waals surface area contributed by atoms with Crippen molar-refractivity contribution in [1.29, 1.82) is 0 Å². The molecule has 0 radical (unpaired) electrons. The van der Waals surface area contributed by atoms with Crippen molar-refractivity contribution >= 4 is 22.9 Å². The summed E-state index contributed by atoms with van der Waals surface area (Å²) in [4.78, 5) is 21.5. The summed E-state index contributed by atoms with van der Waals surface area (Å²) in [7, 11) is 0. The van der Waals surface area contributed by atoms with E-state index in [0.29, 0.717) is 12.2 Å². The van der Waals surface area contributed by atoms with E-state index in [1.807, 2.05) is 24.3 Å². The predicted octanol–water partition coefficient (Wildman–Crippen LogP) is 2.45. The molecule has 0 saturated heterocycles. The molecule has 0 aliphatic carbocycles. The van der Waals surface area contributed by atoms with E-state index >= 15 is 0 Å². The first kappa shape index (κ1) is 13.8. The molecule has 20 heavy (non-hydrogen) atoms. The van der Waals surface area contributed by atoms with Crippen LogP contribution in [0, 0.1) is 10.1 Å². The number of hydrogen-bond acceptors (Lipinski definition) is 4. The highest BCUT2D eigenvalue weighted by molar-refractivity contribution is 5.90. The fourth-order valence-electron chi connectivity index (χ4n) is 2.03. The Hall–Kier alpha value is -2.63. The van der Waals surface area contributed by atoms with E-state index in [4.69, 9.17) is 4.74 Å². The van der Waals surface area contributed by atoms with Gasteiger partial charge in [0, 0.05) is 28.7 Å². The van der Waals surface area contributed by atoms with E-state index in [2.05, 4.69) is 0 Å². The minimum Gasteiger partial charge on any atom is -0.465 e. The van der Waals surface area contributed by atoms with Gasteiger partial charge in [-0.1, -0.05) is 18.2 Å². The van der Waals surface area contributed by atoms with Crippen LogP contribution in [0.3, 0.4) is 0 Å². The Kier molecular flexibility index (Phi) is 4.14. The number of fused-ring (bicyclic) bond motifs is 1. The zero-order chi connectivity index (χ0) is 14.5. The molecule has 0 amide bonds. The minimum atomic E-state index is -0.516. The molecule has 2 aromatic rings. The van der Waals surface area contributed by atoms with Crippen molar-refractivity contribution in [3.63, 3.8) is 0 Å². The molecular weight excluding hydrogens is 260 g/mol. The third-order valence-electron chi connectivity index (χ3n) is 2.80. The lowest BCUT2D eigenvalue weighted by atomic mass is 10.2. The molecule has 0 bridgehead atoms. The summed E-state index contributed by atoms with van der Waals surface area (Å²) in [6.45, 7) is 2.16. The smallest absolute Gasteiger partial charge is 0.325 e. The molecular formula is C14H14N2O4. The van der Waals surface area contributed by atoms with Gasteiger partial charge >= 0.3 is 5.97 Å². The number of hydrogen-bond donors (Lipinski definition) is 0. The van der Waals surface area contributed by atoms with Gasteiger partial charge in [-0.25, -0.2) is 0 Å². The van der Waals surface area contributed by atoms with Crippen LogP contribution >= 0.6 is 0 Å². The minimum absolute atomic E-state index is 0.0840. The Morgan fingerprint density at radius 1 is 1.45 bits per heavy atom. The van der Waals surface area contributed by atoms with Crippen molar-refractivity contribution in [1.82, 2.24) is 4.57 Å². The maximum Gasteiger partial charge on any atom is 0.325 e. The second-order valence-electron chi connectivity index (χ2n) is 4.14. The monoisotopic (exact) mass is 274 g/mol. The summed E-state index contributed by atoms with van der Waals surface area (Å²) in [5.74, 6) is -0.335. The molecule has 104 valence electrons. The van der Waals surface area contributed by atoms with Gasteiger partial charge in [0.25, 0.3) is 0 Å². The average Bonchev–Trinajstić information content (AvgIpc) is 2.75. The Morgan fingerprint density at radius 3 is 2.90 bits per heavy atom. The number of nitrogens with zero attached hydrogens (tertiary/aromatic N) is 2. The van der Waals surface area contributed by atoms with Crippen molar-refractivity contribution in [2.75, 3.05) is 6.61 Å². The van der Waals surface area contributed by atoms with Gasteiger partial charge in [-0.2, -0.15) is 0 Å². The lowest BCUT2D eigenvalue weighted by molar-refractivity contribution is -0.400. The molecule has 0 aliphatic heterocycles. The Morgan fingerprint density at radius 2 is 2.20 bits per heavy atom. The zero-order valence-electron chi connectivity index (χ0n) is 11.0. The van der Waals surface area contributed by atoms with Gasteiger partial charge < -0.3 is 9.30 Å². The molecule has 0 fully saturated rings. The summed E-state index contributed by atoms with van der Waals surface area (Å²) in [6.07, 6.45) is 4.02. The van der Waals surface area contributed by atoms with Crippen LogP contribution in [0.4, 0.5) is 0 Å². The van der Waals surface area contributed by atoms with Crippen LogP contribution in [0.25, 0.3) is 17.0 Å². The molecule has 0 N–H and O–H groups in total. The highest BCUT2D eigenvalue weighted by Crippen LogP contribution is 2.22. The fourth-order valence-corrected chi connectivity index (χ4v) is 2.03. The van der Waals surface area contributed by atoms with Crippen molar-refractivity contribution in [3.05, 3.63) is 52.3 Å². The van der Waals surface area contributed by atoms with E-state index in [-0.39, 0.29) is 12.5 Å². The van der Waals surface area contributed by atoms with Crippen LogP contribution in [0.1, 0.15) is 12.5 Å². The average molecular weight is 274 g/mol. The first-order valence-electron chi connectivity index (χ1n) is 6.17. The zero-order valence-corrected chi connectivity index (χ0v) is 11.0. The van der Waals surface area contributed by atoms with E-state index in [0.717, 1.165) is 17.1 Å². The van der Waals surface area contributed by atoms with E-state index in [9.17, 15) is 14.9 Å². The van der Waals surface area contributed by atoms with Gasteiger partial charge in [-0.15, -0.1) is 0 Å². The number of para-hydroxylation sites is 1. The number of esters is 1. The molecule has 1 aromatic carbocycles. The van der Waals surface area contributed by atoms with Crippen LogP contribution in [0.2, 0.25) is 0 Å². The fraction of sp³-hybridized carbons (Fsp3) is 0.214. The summed E-state index contributed by atoms with van der Waals surface area (Å²) in [6, 6.07) is 7.42. The summed E-state index contributed by atoms with van der Waals surface area (Å²) in [5, 5.41) is 11.3. The molecule has 0 unspecified atom stereocenters. The van der Waals surface area contributed by atoms with Gasteiger partial charge in [0.1, 0.15) is 6.54 Å². The maximum atomic E-state index is 11.6. The lowest BCUT2D eigenvalue weighted by Crippen LogP contribution is -2.12. The molecule has 2 rings (SSSR count). The number of rotatable bonds is 5. The molecule has 0 saturated carbocycles. The third-order valence-corrected chi connectivity index (χ3v) is 2.80. The molecule has 0 atom stereocenters. The molecule has 6 heteroatoms. The second kappa shape index (κ2) is 6.01. The number of benzene rings is 1.